The second-order valence-corrected chi connectivity index (χ2v) is 2.38. The molecule has 0 aromatic carbocycles. The average molecular weight is 176 g/mol. The Morgan fingerprint density at radius 3 is 1.75 bits per heavy atom. The third-order valence-electron chi connectivity index (χ3n) is 1.30. The van der Waals surface area contributed by atoms with Crippen molar-refractivity contribution in [3.8, 4) is 0 Å². The van der Waals surface area contributed by atoms with Crippen LogP contribution < -0.4 is 11.5 Å². The van der Waals surface area contributed by atoms with Crippen LogP contribution >= 0.6 is 0 Å². The van der Waals surface area contributed by atoms with Crippen LogP contribution in [0.2, 0.25) is 0 Å². The predicted molar refractivity (Wildman–Crippen MR) is 44.1 cm³/mol. The van der Waals surface area contributed by atoms with Gasteiger partial charge in [0.05, 0.1) is 0 Å². The standard InChI is InChI=1S/C7H16N2O3/c1-3-5(8)11-7(10)12-6(9)4-2/h5-6H,3-4,8-9H2,1-2H3. The lowest BCUT2D eigenvalue weighted by atomic mass is 10.4. The van der Waals surface area contributed by atoms with Crippen LogP contribution in [0.15, 0.2) is 0 Å². The normalized spacial score (nSPS) is 15.0. The molecule has 72 valence electrons. The minimum atomic E-state index is -0.807. The van der Waals surface area contributed by atoms with Crippen molar-refractivity contribution in [2.24, 2.45) is 11.5 Å². The summed E-state index contributed by atoms with van der Waals surface area (Å²) in [4.78, 5) is 10.8. The molecule has 0 saturated heterocycles. The smallest absolute Gasteiger partial charge is 0.415 e. The van der Waals surface area contributed by atoms with Gasteiger partial charge in [-0.15, -0.1) is 0 Å². The van der Waals surface area contributed by atoms with Gasteiger partial charge in [-0.05, 0) is 12.8 Å². The van der Waals surface area contributed by atoms with Crippen LogP contribution in [0.4, 0.5) is 4.79 Å². The number of hydrogen-bond acceptors (Lipinski definition) is 5. The Hall–Kier alpha value is -0.810. The lowest BCUT2D eigenvalue weighted by Gasteiger charge is -2.13. The summed E-state index contributed by atoms with van der Waals surface area (Å²) in [7, 11) is 0. The molecule has 0 saturated carbocycles. The van der Waals surface area contributed by atoms with Crippen molar-refractivity contribution < 1.29 is 14.3 Å². The fraction of sp³-hybridized carbons (Fsp3) is 0.857. The van der Waals surface area contributed by atoms with Crippen molar-refractivity contribution in [3.05, 3.63) is 0 Å². The lowest BCUT2D eigenvalue weighted by molar-refractivity contribution is -0.000139. The third kappa shape index (κ3) is 4.92. The maximum Gasteiger partial charge on any atom is 0.511 e. The van der Waals surface area contributed by atoms with Crippen LogP contribution in [0.25, 0.3) is 0 Å². The van der Waals surface area contributed by atoms with Gasteiger partial charge in [0.1, 0.15) is 0 Å². The van der Waals surface area contributed by atoms with Gasteiger partial charge in [0.2, 0.25) is 0 Å². The Morgan fingerprint density at radius 1 is 1.17 bits per heavy atom. The highest BCUT2D eigenvalue weighted by Gasteiger charge is 2.11. The molecule has 0 bridgehead atoms. The molecule has 2 unspecified atom stereocenters. The first kappa shape index (κ1) is 11.2. The largest absolute Gasteiger partial charge is 0.511 e. The average Bonchev–Trinajstić information content (AvgIpc) is 2.03. The van der Waals surface area contributed by atoms with Crippen molar-refractivity contribution in [2.45, 2.75) is 39.1 Å². The Balaban J connectivity index is 3.59. The summed E-state index contributed by atoms with van der Waals surface area (Å²) in [6, 6.07) is 0. The highest BCUT2D eigenvalue weighted by Crippen LogP contribution is 1.96. The summed E-state index contributed by atoms with van der Waals surface area (Å²) in [5.74, 6) is 0. The summed E-state index contributed by atoms with van der Waals surface area (Å²) in [6.07, 6.45) is -0.922. The van der Waals surface area contributed by atoms with Gasteiger partial charge in [-0.1, -0.05) is 13.8 Å². The van der Waals surface area contributed by atoms with E-state index in [4.69, 9.17) is 11.5 Å². The van der Waals surface area contributed by atoms with Crippen molar-refractivity contribution >= 4 is 6.16 Å². The first-order chi connectivity index (χ1) is 5.60. The molecule has 0 aromatic heterocycles. The molecule has 5 heteroatoms. The molecular weight excluding hydrogens is 160 g/mol. The van der Waals surface area contributed by atoms with E-state index < -0.39 is 18.6 Å². The van der Waals surface area contributed by atoms with Crippen molar-refractivity contribution in [3.63, 3.8) is 0 Å². The molecule has 12 heavy (non-hydrogen) atoms. The Kier molecular flexibility index (Phi) is 5.40. The number of rotatable bonds is 4. The molecule has 0 aliphatic carbocycles. The predicted octanol–water partition coefficient (Wildman–Crippen LogP) is 0.529. The summed E-state index contributed by atoms with van der Waals surface area (Å²) in [5, 5.41) is 0. The highest BCUT2D eigenvalue weighted by molar-refractivity contribution is 5.60. The number of hydrogen-bond donors (Lipinski definition) is 2. The molecule has 0 radical (unpaired) electrons. The van der Waals surface area contributed by atoms with E-state index in [1.165, 1.54) is 0 Å². The van der Waals surface area contributed by atoms with E-state index in [0.29, 0.717) is 12.8 Å². The molecule has 0 heterocycles. The van der Waals surface area contributed by atoms with Crippen molar-refractivity contribution in [1.29, 1.82) is 0 Å². The molecule has 0 fully saturated rings. The molecule has 0 aliphatic rings. The molecule has 0 aliphatic heterocycles. The second-order valence-electron chi connectivity index (χ2n) is 2.38. The van der Waals surface area contributed by atoms with Gasteiger partial charge < -0.3 is 9.47 Å². The molecule has 5 nitrogen and oxygen atoms in total. The summed E-state index contributed by atoms with van der Waals surface area (Å²) in [5.41, 5.74) is 10.7. The maximum atomic E-state index is 10.8. The number of nitrogens with two attached hydrogens (primary N) is 2. The van der Waals surface area contributed by atoms with E-state index in [2.05, 4.69) is 9.47 Å². The zero-order chi connectivity index (χ0) is 9.56. The van der Waals surface area contributed by atoms with Gasteiger partial charge in [-0.25, -0.2) is 4.79 Å². The number of carbonyl (C=O) groups excluding carboxylic acids is 1. The van der Waals surface area contributed by atoms with E-state index in [1.54, 1.807) is 13.8 Å². The monoisotopic (exact) mass is 176 g/mol. The summed E-state index contributed by atoms with van der Waals surface area (Å²) in [6.45, 7) is 3.61. The van der Waals surface area contributed by atoms with Gasteiger partial charge in [0.15, 0.2) is 12.5 Å². The molecule has 0 amide bonds. The highest BCUT2D eigenvalue weighted by atomic mass is 16.7. The van der Waals surface area contributed by atoms with Crippen LogP contribution in [-0.2, 0) is 9.47 Å². The fourth-order valence-corrected chi connectivity index (χ4v) is 0.442. The molecule has 0 rings (SSSR count). The minimum absolute atomic E-state index is 0.552. The van der Waals surface area contributed by atoms with E-state index in [9.17, 15) is 4.79 Å². The minimum Gasteiger partial charge on any atom is -0.415 e. The van der Waals surface area contributed by atoms with Gasteiger partial charge in [-0.2, -0.15) is 0 Å². The van der Waals surface area contributed by atoms with Crippen LogP contribution in [0.5, 0.6) is 0 Å². The molecular formula is C7H16N2O3. The first-order valence-electron chi connectivity index (χ1n) is 3.98. The summed E-state index contributed by atoms with van der Waals surface area (Å²) < 4.78 is 9.22. The van der Waals surface area contributed by atoms with Gasteiger partial charge in [0.25, 0.3) is 0 Å². The first-order valence-corrected chi connectivity index (χ1v) is 3.98. The van der Waals surface area contributed by atoms with Gasteiger partial charge in [-0.3, -0.25) is 11.5 Å². The van der Waals surface area contributed by atoms with Crippen LogP contribution in [-0.4, -0.2) is 18.6 Å². The molecule has 0 aromatic rings. The zero-order valence-corrected chi connectivity index (χ0v) is 7.45. The van der Waals surface area contributed by atoms with Gasteiger partial charge >= 0.3 is 6.16 Å². The number of carbonyl (C=O) groups is 1. The molecule has 2 atom stereocenters. The second kappa shape index (κ2) is 5.79. The lowest BCUT2D eigenvalue weighted by Crippen LogP contribution is -2.31. The molecule has 0 spiro atoms. The van der Waals surface area contributed by atoms with Crippen molar-refractivity contribution in [1.82, 2.24) is 0 Å². The van der Waals surface area contributed by atoms with E-state index >= 15 is 0 Å². The Labute approximate surface area is 72.0 Å². The van der Waals surface area contributed by atoms with E-state index in [0.717, 1.165) is 0 Å². The molecule has 4 N–H and O–H groups in total. The topological polar surface area (TPSA) is 87.6 Å². The fourth-order valence-electron chi connectivity index (χ4n) is 0.442. The Morgan fingerprint density at radius 2 is 1.50 bits per heavy atom. The van der Waals surface area contributed by atoms with E-state index in [1.807, 2.05) is 0 Å². The quantitative estimate of drug-likeness (QED) is 0.482. The van der Waals surface area contributed by atoms with Gasteiger partial charge in [0, 0.05) is 0 Å². The maximum absolute atomic E-state index is 10.8. The van der Waals surface area contributed by atoms with Crippen LogP contribution in [0.1, 0.15) is 26.7 Å². The number of ether oxygens (including phenoxy) is 2. The Bertz CT molecular complexity index is 127. The van der Waals surface area contributed by atoms with Crippen LogP contribution in [0.3, 0.4) is 0 Å². The summed E-state index contributed by atoms with van der Waals surface area (Å²) >= 11 is 0. The third-order valence-corrected chi connectivity index (χ3v) is 1.30. The van der Waals surface area contributed by atoms with Crippen molar-refractivity contribution in [2.75, 3.05) is 0 Å². The SMILES string of the molecule is CCC(N)OC(=O)OC(N)CC. The van der Waals surface area contributed by atoms with E-state index in [-0.39, 0.29) is 0 Å². The van der Waals surface area contributed by atoms with Crippen LogP contribution in [0, 0.1) is 0 Å². The zero-order valence-electron chi connectivity index (χ0n) is 7.45.